The number of nitrogens with one attached hydrogen (secondary N) is 1. The molecule has 7 nitrogen and oxygen atoms in total. The van der Waals surface area contributed by atoms with Crippen molar-refractivity contribution in [3.63, 3.8) is 0 Å². The van der Waals surface area contributed by atoms with Crippen LogP contribution in [0.3, 0.4) is 0 Å². The first kappa shape index (κ1) is 21.6. The topological polar surface area (TPSA) is 94.1 Å². The van der Waals surface area contributed by atoms with Gasteiger partial charge in [0.1, 0.15) is 11.5 Å². The van der Waals surface area contributed by atoms with Gasteiger partial charge >= 0.3 is 11.9 Å². The van der Waals surface area contributed by atoms with Gasteiger partial charge in [0, 0.05) is 12.6 Å². The Labute approximate surface area is 165 Å². The molecule has 0 bridgehead atoms. The molecular formula is C21H28N2O5. The van der Waals surface area contributed by atoms with E-state index in [2.05, 4.69) is 5.32 Å². The Bertz CT molecular complexity index is 746. The summed E-state index contributed by atoms with van der Waals surface area (Å²) in [4.78, 5) is 41.4. The number of hydrogen-bond donors (Lipinski definition) is 1. The molecule has 28 heavy (non-hydrogen) atoms. The van der Waals surface area contributed by atoms with E-state index in [0.29, 0.717) is 18.6 Å². The number of ether oxygens (including phenoxy) is 2. The third kappa shape index (κ3) is 4.77. The lowest BCUT2D eigenvalue weighted by atomic mass is 9.78. The van der Waals surface area contributed by atoms with Gasteiger partial charge in [0.2, 0.25) is 5.91 Å². The van der Waals surface area contributed by atoms with E-state index in [1.54, 1.807) is 0 Å². The molecule has 0 aromatic heterocycles. The van der Waals surface area contributed by atoms with Crippen LogP contribution < -0.4 is 5.32 Å². The van der Waals surface area contributed by atoms with Gasteiger partial charge in [-0.1, -0.05) is 30.3 Å². The van der Waals surface area contributed by atoms with Gasteiger partial charge in [-0.25, -0.2) is 4.79 Å². The molecule has 1 amide bonds. The summed E-state index contributed by atoms with van der Waals surface area (Å²) in [6, 6.07) is 8.70. The van der Waals surface area contributed by atoms with E-state index in [1.807, 2.05) is 37.3 Å². The molecule has 1 N–H and O–H groups in total. The summed E-state index contributed by atoms with van der Waals surface area (Å²) in [7, 11) is 2.58. The second kappa shape index (κ2) is 9.48. The summed E-state index contributed by atoms with van der Waals surface area (Å²) < 4.78 is 9.91. The van der Waals surface area contributed by atoms with Gasteiger partial charge < -0.3 is 14.8 Å². The Balaban J connectivity index is 2.41. The van der Waals surface area contributed by atoms with E-state index in [0.717, 1.165) is 12.0 Å². The molecule has 1 aliphatic rings. The first-order chi connectivity index (χ1) is 13.3. The summed E-state index contributed by atoms with van der Waals surface area (Å²) in [6.45, 7) is 3.29. The van der Waals surface area contributed by atoms with Crippen LogP contribution in [0.15, 0.2) is 35.3 Å². The number of nitrogens with zero attached hydrogens (tertiary/aromatic N) is 1. The standard InChI is InChI=1S/C21H28N2O5/c1-14(16-9-6-5-7-10-16)22-18-11-8-12-21(18,20(26)28-4)13-17(19(25)27-3)23-15(2)24/h5-7,9-10,14,17H,8,11-13H2,1-4H3,(H,23,24)/t14?,17-,21-/m0/s1. The second-order valence-electron chi connectivity index (χ2n) is 7.07. The lowest BCUT2D eigenvalue weighted by molar-refractivity contribution is -0.152. The average molecular weight is 388 g/mol. The number of methoxy groups -OCH3 is 2. The number of rotatable bonds is 7. The quantitative estimate of drug-likeness (QED) is 0.725. The van der Waals surface area contributed by atoms with Crippen molar-refractivity contribution < 1.29 is 23.9 Å². The van der Waals surface area contributed by atoms with Crippen LogP contribution in [0.25, 0.3) is 0 Å². The molecule has 1 unspecified atom stereocenters. The molecule has 1 aromatic carbocycles. The SMILES string of the molecule is COC(=O)[C@H](C[C@@]1(C(=O)OC)CCCC1=NC(C)c1ccccc1)NC(C)=O. The van der Waals surface area contributed by atoms with Crippen LogP contribution in [0.4, 0.5) is 0 Å². The maximum atomic E-state index is 12.8. The molecule has 3 atom stereocenters. The number of amides is 1. The van der Waals surface area contributed by atoms with Crippen LogP contribution in [0, 0.1) is 5.41 Å². The molecule has 0 heterocycles. The smallest absolute Gasteiger partial charge is 0.328 e. The van der Waals surface area contributed by atoms with Crippen LogP contribution in [-0.2, 0) is 23.9 Å². The van der Waals surface area contributed by atoms with E-state index in [4.69, 9.17) is 14.5 Å². The van der Waals surface area contributed by atoms with Crippen LogP contribution in [0.5, 0.6) is 0 Å². The average Bonchev–Trinajstić information content (AvgIpc) is 3.09. The molecule has 2 rings (SSSR count). The highest BCUT2D eigenvalue weighted by Gasteiger charge is 2.50. The minimum Gasteiger partial charge on any atom is -0.468 e. The highest BCUT2D eigenvalue weighted by atomic mass is 16.5. The zero-order valence-electron chi connectivity index (χ0n) is 16.9. The Hall–Kier alpha value is -2.70. The lowest BCUT2D eigenvalue weighted by Crippen LogP contribution is -2.48. The van der Waals surface area contributed by atoms with E-state index in [1.165, 1.54) is 21.1 Å². The fraction of sp³-hybridized carbons (Fsp3) is 0.524. The van der Waals surface area contributed by atoms with Crippen molar-refractivity contribution in [1.29, 1.82) is 0 Å². The maximum Gasteiger partial charge on any atom is 0.328 e. The molecule has 1 saturated carbocycles. The molecule has 1 aliphatic carbocycles. The summed E-state index contributed by atoms with van der Waals surface area (Å²) in [6.07, 6.45) is 1.96. The van der Waals surface area contributed by atoms with Gasteiger partial charge in [-0.2, -0.15) is 0 Å². The van der Waals surface area contributed by atoms with Gasteiger partial charge in [-0.05, 0) is 38.2 Å². The van der Waals surface area contributed by atoms with Crippen molar-refractivity contribution in [1.82, 2.24) is 5.32 Å². The van der Waals surface area contributed by atoms with E-state index < -0.39 is 23.4 Å². The van der Waals surface area contributed by atoms with Crippen LogP contribution in [0.1, 0.15) is 51.1 Å². The first-order valence-electron chi connectivity index (χ1n) is 9.39. The molecule has 0 spiro atoms. The fourth-order valence-corrected chi connectivity index (χ4v) is 3.82. The van der Waals surface area contributed by atoms with E-state index in [9.17, 15) is 14.4 Å². The zero-order chi connectivity index (χ0) is 20.7. The summed E-state index contributed by atoms with van der Waals surface area (Å²) in [5, 5.41) is 2.59. The predicted octanol–water partition coefficient (Wildman–Crippen LogP) is 2.60. The molecule has 0 aliphatic heterocycles. The number of carbonyl (C=O) groups excluding carboxylic acids is 3. The number of benzene rings is 1. The van der Waals surface area contributed by atoms with Gasteiger partial charge in [0.05, 0.1) is 20.3 Å². The Morgan fingerprint density at radius 3 is 2.43 bits per heavy atom. The third-order valence-corrected chi connectivity index (χ3v) is 5.19. The van der Waals surface area contributed by atoms with Gasteiger partial charge in [-0.3, -0.25) is 14.6 Å². The molecule has 0 saturated heterocycles. The minimum absolute atomic E-state index is 0.0618. The largest absolute Gasteiger partial charge is 0.468 e. The van der Waals surface area contributed by atoms with Crippen LogP contribution in [0.2, 0.25) is 0 Å². The number of aliphatic imine (C=N–C) groups is 1. The highest BCUT2D eigenvalue weighted by Crippen LogP contribution is 2.42. The summed E-state index contributed by atoms with van der Waals surface area (Å²) in [5.74, 6) is -1.41. The van der Waals surface area contributed by atoms with Crippen molar-refractivity contribution in [2.24, 2.45) is 10.4 Å². The predicted molar refractivity (Wildman–Crippen MR) is 105 cm³/mol. The lowest BCUT2D eigenvalue weighted by Gasteiger charge is -2.31. The number of hydrogen-bond acceptors (Lipinski definition) is 6. The monoisotopic (exact) mass is 388 g/mol. The number of esters is 2. The maximum absolute atomic E-state index is 12.8. The fourth-order valence-electron chi connectivity index (χ4n) is 3.82. The van der Waals surface area contributed by atoms with Crippen molar-refractivity contribution in [3.05, 3.63) is 35.9 Å². The molecule has 7 heteroatoms. The Morgan fingerprint density at radius 1 is 1.18 bits per heavy atom. The molecule has 0 radical (unpaired) electrons. The van der Waals surface area contributed by atoms with Crippen molar-refractivity contribution in [2.75, 3.05) is 14.2 Å². The van der Waals surface area contributed by atoms with E-state index >= 15 is 0 Å². The first-order valence-corrected chi connectivity index (χ1v) is 9.39. The molecular weight excluding hydrogens is 360 g/mol. The van der Waals surface area contributed by atoms with Gasteiger partial charge in [0.15, 0.2) is 0 Å². The molecule has 152 valence electrons. The van der Waals surface area contributed by atoms with Gasteiger partial charge in [-0.15, -0.1) is 0 Å². The molecule has 1 fully saturated rings. The van der Waals surface area contributed by atoms with Crippen molar-refractivity contribution >= 4 is 23.6 Å². The summed E-state index contributed by atoms with van der Waals surface area (Å²) in [5.41, 5.74) is 0.682. The molecule has 1 aromatic rings. The van der Waals surface area contributed by atoms with Crippen LogP contribution in [-0.4, -0.2) is 43.8 Å². The van der Waals surface area contributed by atoms with Crippen LogP contribution >= 0.6 is 0 Å². The minimum atomic E-state index is -1.06. The Morgan fingerprint density at radius 2 is 1.86 bits per heavy atom. The number of carbonyl (C=O) groups is 3. The van der Waals surface area contributed by atoms with E-state index in [-0.39, 0.29) is 18.4 Å². The van der Waals surface area contributed by atoms with Gasteiger partial charge in [0.25, 0.3) is 0 Å². The third-order valence-electron chi connectivity index (χ3n) is 5.19. The van der Waals surface area contributed by atoms with Crippen molar-refractivity contribution in [3.8, 4) is 0 Å². The Kier molecular flexibility index (Phi) is 7.31. The second-order valence-corrected chi connectivity index (χ2v) is 7.07. The highest BCUT2D eigenvalue weighted by molar-refractivity contribution is 6.08. The zero-order valence-corrected chi connectivity index (χ0v) is 16.9. The summed E-state index contributed by atoms with van der Waals surface area (Å²) >= 11 is 0. The normalized spacial score (nSPS) is 22.4. The van der Waals surface area contributed by atoms with Crippen molar-refractivity contribution in [2.45, 2.75) is 51.6 Å².